The molecule has 1 aromatic heterocycles. The minimum Gasteiger partial charge on any atom is -0.310 e. The molecule has 68 heavy (non-hydrogen) atoms. The molecule has 0 saturated heterocycles. The molecule has 0 saturated carbocycles. The first kappa shape index (κ1) is 39.4. The Morgan fingerprint density at radius 2 is 0.632 bits per heavy atom. The van der Waals surface area contributed by atoms with E-state index in [1.165, 1.54) is 55.9 Å². The average molecular weight is 867 g/mol. The second kappa shape index (κ2) is 16.2. The third-order valence-electron chi connectivity index (χ3n) is 13.7. The van der Waals surface area contributed by atoms with Crippen LogP contribution in [0, 0.1) is 0 Å². The Kier molecular flexibility index (Phi) is 9.36. The minimum absolute atomic E-state index is 0.551. The molecule has 11 aromatic rings. The van der Waals surface area contributed by atoms with Crippen molar-refractivity contribution in [2.75, 3.05) is 4.90 Å². The van der Waals surface area contributed by atoms with E-state index in [-0.39, 0.29) is 0 Å². The summed E-state index contributed by atoms with van der Waals surface area (Å²) in [7, 11) is 0. The molecular formula is C64H42N4. The predicted molar refractivity (Wildman–Crippen MR) is 278 cm³/mol. The lowest BCUT2D eigenvalue weighted by molar-refractivity contribution is 0.753. The van der Waals surface area contributed by atoms with Crippen LogP contribution in [0.5, 0.6) is 0 Å². The number of fused-ring (bicyclic) bond motifs is 9. The molecule has 1 aliphatic heterocycles. The molecule has 0 unspecified atom stereocenters. The minimum atomic E-state index is -0.551. The van der Waals surface area contributed by atoms with Gasteiger partial charge in [-0.2, -0.15) is 0 Å². The zero-order valence-electron chi connectivity index (χ0n) is 37.0. The first-order valence-corrected chi connectivity index (χ1v) is 23.2. The highest BCUT2D eigenvalue weighted by Gasteiger charge is 2.51. The Labute approximate surface area is 396 Å². The van der Waals surface area contributed by atoms with Gasteiger partial charge in [-0.1, -0.05) is 212 Å². The van der Waals surface area contributed by atoms with Gasteiger partial charge in [-0.15, -0.1) is 0 Å². The summed E-state index contributed by atoms with van der Waals surface area (Å²) in [6.07, 6.45) is 0. The lowest BCUT2D eigenvalue weighted by Crippen LogP contribution is -2.36. The van der Waals surface area contributed by atoms with Gasteiger partial charge in [0.15, 0.2) is 17.5 Å². The van der Waals surface area contributed by atoms with Crippen LogP contribution in [0.15, 0.2) is 255 Å². The van der Waals surface area contributed by atoms with Crippen molar-refractivity contribution in [3.05, 3.63) is 277 Å². The molecule has 1 aliphatic carbocycles. The van der Waals surface area contributed by atoms with E-state index >= 15 is 0 Å². The summed E-state index contributed by atoms with van der Waals surface area (Å²) in [6, 6.07) is 91.3. The van der Waals surface area contributed by atoms with Crippen LogP contribution in [0.25, 0.3) is 78.7 Å². The molecule has 13 rings (SSSR count). The monoisotopic (exact) mass is 866 g/mol. The lowest BCUT2D eigenvalue weighted by Gasteiger charge is -2.45. The topological polar surface area (TPSA) is 41.9 Å². The molecule has 0 atom stereocenters. The van der Waals surface area contributed by atoms with E-state index in [1.54, 1.807) is 0 Å². The van der Waals surface area contributed by atoms with Crippen molar-refractivity contribution in [2.45, 2.75) is 5.41 Å². The largest absolute Gasteiger partial charge is 0.310 e. The SMILES string of the molecule is c1ccc(-c2ccc(-c3cccc(-c4nc(-c5ccccc5)nc(-c5cccc(-c6ccc7c(c6)C6(c8ccccc8-7)c7ccccc7N(c7ccccc7)c7ccccc76)c5)n4)c3)cc2)cc1. The third-order valence-corrected chi connectivity index (χ3v) is 13.7. The number of aromatic nitrogens is 3. The Morgan fingerprint density at radius 3 is 1.24 bits per heavy atom. The predicted octanol–water partition coefficient (Wildman–Crippen LogP) is 16.0. The maximum absolute atomic E-state index is 5.23. The summed E-state index contributed by atoms with van der Waals surface area (Å²) in [5, 5.41) is 0. The highest BCUT2D eigenvalue weighted by Crippen LogP contribution is 2.63. The molecule has 4 nitrogen and oxygen atoms in total. The van der Waals surface area contributed by atoms with E-state index < -0.39 is 5.41 Å². The van der Waals surface area contributed by atoms with E-state index in [9.17, 15) is 0 Å². The number of anilines is 3. The van der Waals surface area contributed by atoms with Crippen LogP contribution in [0.4, 0.5) is 17.1 Å². The Bertz CT molecular complexity index is 3630. The molecule has 1 spiro atoms. The molecule has 2 aliphatic rings. The van der Waals surface area contributed by atoms with E-state index in [4.69, 9.17) is 15.0 Å². The van der Waals surface area contributed by atoms with Gasteiger partial charge in [0.05, 0.1) is 16.8 Å². The summed E-state index contributed by atoms with van der Waals surface area (Å²) in [5.74, 6) is 1.87. The number of benzene rings is 10. The van der Waals surface area contributed by atoms with Crippen molar-refractivity contribution in [1.82, 2.24) is 15.0 Å². The van der Waals surface area contributed by atoms with Crippen molar-refractivity contribution in [2.24, 2.45) is 0 Å². The Balaban J connectivity index is 0.933. The molecule has 0 fully saturated rings. The van der Waals surface area contributed by atoms with Crippen LogP contribution < -0.4 is 4.90 Å². The fraction of sp³-hybridized carbons (Fsp3) is 0.0156. The summed E-state index contributed by atoms with van der Waals surface area (Å²) in [6.45, 7) is 0. The Morgan fingerprint density at radius 1 is 0.250 bits per heavy atom. The molecule has 0 bridgehead atoms. The number of hydrogen-bond acceptors (Lipinski definition) is 4. The van der Waals surface area contributed by atoms with E-state index in [2.05, 4.69) is 235 Å². The fourth-order valence-corrected chi connectivity index (χ4v) is 10.7. The molecule has 2 heterocycles. The highest BCUT2D eigenvalue weighted by molar-refractivity contribution is 5.96. The molecule has 0 radical (unpaired) electrons. The van der Waals surface area contributed by atoms with Crippen molar-refractivity contribution in [3.8, 4) is 78.7 Å². The van der Waals surface area contributed by atoms with Gasteiger partial charge >= 0.3 is 0 Å². The molecule has 0 amide bonds. The van der Waals surface area contributed by atoms with Crippen molar-refractivity contribution in [1.29, 1.82) is 0 Å². The van der Waals surface area contributed by atoms with Crippen LogP contribution in [0.1, 0.15) is 22.3 Å². The quantitative estimate of drug-likeness (QED) is 0.160. The molecular weight excluding hydrogens is 825 g/mol. The summed E-state index contributed by atoms with van der Waals surface area (Å²) < 4.78 is 0. The van der Waals surface area contributed by atoms with E-state index in [0.29, 0.717) is 17.5 Å². The van der Waals surface area contributed by atoms with E-state index in [0.717, 1.165) is 44.6 Å². The van der Waals surface area contributed by atoms with Gasteiger partial charge in [-0.3, -0.25) is 0 Å². The molecule has 0 N–H and O–H groups in total. The van der Waals surface area contributed by atoms with Crippen LogP contribution in [-0.2, 0) is 5.41 Å². The average Bonchev–Trinajstić information content (AvgIpc) is 3.71. The van der Waals surface area contributed by atoms with Gasteiger partial charge in [-0.05, 0) is 109 Å². The highest BCUT2D eigenvalue weighted by atomic mass is 15.2. The Hall–Kier alpha value is -8.99. The number of rotatable bonds is 7. The van der Waals surface area contributed by atoms with Crippen molar-refractivity contribution < 1.29 is 0 Å². The van der Waals surface area contributed by atoms with Gasteiger partial charge in [0.1, 0.15) is 0 Å². The van der Waals surface area contributed by atoms with Gasteiger partial charge in [0.25, 0.3) is 0 Å². The zero-order chi connectivity index (χ0) is 45.0. The van der Waals surface area contributed by atoms with Gasteiger partial charge < -0.3 is 4.90 Å². The lowest BCUT2D eigenvalue weighted by atomic mass is 9.64. The zero-order valence-corrected chi connectivity index (χ0v) is 37.0. The maximum Gasteiger partial charge on any atom is 0.164 e. The molecule has 318 valence electrons. The van der Waals surface area contributed by atoms with Crippen molar-refractivity contribution in [3.63, 3.8) is 0 Å². The second-order valence-corrected chi connectivity index (χ2v) is 17.5. The maximum atomic E-state index is 5.23. The fourth-order valence-electron chi connectivity index (χ4n) is 10.7. The first-order valence-electron chi connectivity index (χ1n) is 23.2. The first-order chi connectivity index (χ1) is 33.7. The number of para-hydroxylation sites is 3. The summed E-state index contributed by atoms with van der Waals surface area (Å²) in [5.41, 5.74) is 20.2. The third kappa shape index (κ3) is 6.41. The van der Waals surface area contributed by atoms with Crippen LogP contribution >= 0.6 is 0 Å². The standard InChI is InChI=1S/C64H42N4/c1-4-18-43(19-5-1)44-34-36-45(37-35-44)47-22-16-24-50(40-47)62-65-61(46-20-6-2-7-21-46)66-63(67-62)51-25-17-23-48(41-51)49-38-39-54-53-28-10-11-29-55(53)64(58(54)42-49)56-30-12-14-32-59(56)68(52-26-8-3-9-27-52)60-33-15-13-31-57(60)64/h1-42H. The van der Waals surface area contributed by atoms with Crippen LogP contribution in [-0.4, -0.2) is 15.0 Å². The van der Waals surface area contributed by atoms with Gasteiger partial charge in [0, 0.05) is 22.4 Å². The van der Waals surface area contributed by atoms with E-state index in [1.807, 2.05) is 24.3 Å². The van der Waals surface area contributed by atoms with Crippen LogP contribution in [0.2, 0.25) is 0 Å². The second-order valence-electron chi connectivity index (χ2n) is 17.5. The number of hydrogen-bond donors (Lipinski definition) is 0. The van der Waals surface area contributed by atoms with Gasteiger partial charge in [0.2, 0.25) is 0 Å². The normalized spacial score (nSPS) is 12.8. The molecule has 4 heteroatoms. The number of nitrogens with zero attached hydrogens (tertiary/aromatic N) is 4. The molecule has 10 aromatic carbocycles. The van der Waals surface area contributed by atoms with Gasteiger partial charge in [-0.25, -0.2) is 15.0 Å². The van der Waals surface area contributed by atoms with Crippen LogP contribution in [0.3, 0.4) is 0 Å². The summed E-state index contributed by atoms with van der Waals surface area (Å²) in [4.78, 5) is 17.9. The smallest absolute Gasteiger partial charge is 0.164 e. The van der Waals surface area contributed by atoms with Crippen molar-refractivity contribution >= 4 is 17.1 Å². The summed E-state index contributed by atoms with van der Waals surface area (Å²) >= 11 is 0.